The lowest BCUT2D eigenvalue weighted by Crippen LogP contribution is -2.33. The Kier molecular flexibility index (Phi) is 15.9. The number of benzene rings is 2. The number of nitrogens with zero attached hydrogens (tertiary/aromatic N) is 8. The Hall–Kier alpha value is -5.83. The van der Waals surface area contributed by atoms with Gasteiger partial charge < -0.3 is 41.8 Å². The van der Waals surface area contributed by atoms with Gasteiger partial charge in [-0.2, -0.15) is 10.2 Å². The Labute approximate surface area is 384 Å². The summed E-state index contributed by atoms with van der Waals surface area (Å²) in [6.07, 6.45) is 7.31. The van der Waals surface area contributed by atoms with E-state index in [1.807, 2.05) is 60.7 Å². The topological polar surface area (TPSA) is 244 Å². The van der Waals surface area contributed by atoms with Crippen molar-refractivity contribution in [3.8, 4) is 0 Å². The van der Waals surface area contributed by atoms with Crippen molar-refractivity contribution in [3.63, 3.8) is 0 Å². The molecular weight excluding hydrogens is 964 g/mol. The molecule has 0 bridgehead atoms. The molecule has 0 unspecified atom stereocenters. The van der Waals surface area contributed by atoms with Crippen LogP contribution in [0.3, 0.4) is 0 Å². The molecule has 63 heavy (non-hydrogen) atoms. The number of rotatable bonds is 10. The predicted molar refractivity (Wildman–Crippen MR) is 243 cm³/mol. The summed E-state index contributed by atoms with van der Waals surface area (Å²) in [5.74, 6) is -0.642. The molecule has 21 heteroatoms. The molecule has 4 atom stereocenters. The van der Waals surface area contributed by atoms with Gasteiger partial charge in [0.15, 0.2) is 11.3 Å². The molecule has 8 rings (SSSR count). The summed E-state index contributed by atoms with van der Waals surface area (Å²) < 4.78 is 15.0. The average Bonchev–Trinajstić information content (AvgIpc) is 4.07. The minimum absolute atomic E-state index is 0.0827. The Bertz CT molecular complexity index is 2550. The van der Waals surface area contributed by atoms with E-state index < -0.39 is 11.8 Å². The molecule has 332 valence electrons. The van der Waals surface area contributed by atoms with Gasteiger partial charge in [0.1, 0.15) is 22.4 Å². The van der Waals surface area contributed by atoms with Crippen molar-refractivity contribution >= 4 is 84.4 Å². The number of fused-ring (bicyclic) bond motifs is 2. The van der Waals surface area contributed by atoms with Crippen LogP contribution in [-0.2, 0) is 22.7 Å². The molecule has 6 heterocycles. The number of primary amides is 2. The summed E-state index contributed by atoms with van der Waals surface area (Å²) in [6.45, 7) is 7.04. The lowest BCUT2D eigenvalue weighted by Gasteiger charge is -2.21. The van der Waals surface area contributed by atoms with Crippen molar-refractivity contribution in [1.82, 2.24) is 39.0 Å². The van der Waals surface area contributed by atoms with E-state index in [1.165, 1.54) is 16.9 Å². The fraction of sp³-hybridized carbons (Fsp3) is 0.333. The van der Waals surface area contributed by atoms with Crippen LogP contribution in [0.1, 0.15) is 58.5 Å². The molecule has 7 N–H and O–H groups in total. The lowest BCUT2D eigenvalue weighted by atomic mass is 10.0. The van der Waals surface area contributed by atoms with Crippen LogP contribution in [0.5, 0.6) is 0 Å². The van der Waals surface area contributed by atoms with E-state index in [0.717, 1.165) is 24.0 Å². The van der Waals surface area contributed by atoms with E-state index in [0.29, 0.717) is 64.9 Å². The van der Waals surface area contributed by atoms with Crippen LogP contribution in [0.25, 0.3) is 11.3 Å². The number of imidazole rings is 2. The molecule has 0 spiro atoms. The first-order chi connectivity index (χ1) is 30.3. The van der Waals surface area contributed by atoms with Crippen molar-refractivity contribution in [2.45, 2.75) is 52.0 Å². The van der Waals surface area contributed by atoms with Crippen LogP contribution in [0.2, 0.25) is 5.02 Å². The minimum atomic E-state index is -0.621. The molecule has 0 radical (unpaired) electrons. The summed E-state index contributed by atoms with van der Waals surface area (Å²) >= 11 is 12.4. The van der Waals surface area contributed by atoms with E-state index >= 15 is 0 Å². The van der Waals surface area contributed by atoms with E-state index in [9.17, 15) is 19.2 Å². The molecule has 2 saturated heterocycles. The average molecular weight is 1010 g/mol. The Morgan fingerprint density at radius 1 is 0.714 bits per heavy atom. The van der Waals surface area contributed by atoms with Crippen LogP contribution in [0.4, 0.5) is 15.3 Å². The van der Waals surface area contributed by atoms with Crippen molar-refractivity contribution in [2.24, 2.45) is 29.0 Å². The van der Waals surface area contributed by atoms with E-state index in [-0.39, 0.29) is 52.9 Å². The molecule has 2 aromatic carbocycles. The van der Waals surface area contributed by atoms with Gasteiger partial charge in [0.05, 0.1) is 46.6 Å². The number of nitrogens with one attached hydrogen (secondary N) is 1. The Balaban J connectivity index is 0.000000174. The fourth-order valence-electron chi connectivity index (χ4n) is 7.17. The third-order valence-electron chi connectivity index (χ3n) is 10.6. The molecule has 6 aromatic rings. The number of anilines is 1. The number of aromatic nitrogens is 6. The summed E-state index contributed by atoms with van der Waals surface area (Å²) in [6, 6.07) is 19.3. The summed E-state index contributed by atoms with van der Waals surface area (Å²) in [4.78, 5) is 59.3. The number of carbonyl (C=O) groups is 4. The second-order valence-corrected chi connectivity index (χ2v) is 16.8. The third kappa shape index (κ3) is 11.8. The van der Waals surface area contributed by atoms with Gasteiger partial charge in [-0.25, -0.2) is 28.6 Å². The van der Waals surface area contributed by atoms with Crippen LogP contribution >= 0.6 is 43.5 Å². The molecule has 0 aliphatic carbocycles. The van der Waals surface area contributed by atoms with Gasteiger partial charge in [0.25, 0.3) is 11.8 Å². The Morgan fingerprint density at radius 3 is 1.70 bits per heavy atom. The van der Waals surface area contributed by atoms with E-state index in [4.69, 9.17) is 38.3 Å². The quantitative estimate of drug-likeness (QED) is 0.118. The molecular formula is C42H47Br2ClN12O6. The zero-order valence-corrected chi connectivity index (χ0v) is 38.4. The van der Waals surface area contributed by atoms with Crippen molar-refractivity contribution in [1.29, 1.82) is 0 Å². The van der Waals surface area contributed by atoms with Gasteiger partial charge in [-0.1, -0.05) is 92.5 Å². The SMILES string of the molecule is CC[C@H]1CN(C(=O)OCc2ccccc2)C[C@H]1N.CC[C@H]1CN(C(=O)OCc2ccccc2)C[C@H]1Nc1c(C(N)=O)cnn2cc(Br)nc12.NC(=O)c1cnn2cc(Br)nc2c1Cl. The first-order valence-corrected chi connectivity index (χ1v) is 22.0. The second kappa shape index (κ2) is 21.5. The van der Waals surface area contributed by atoms with Crippen LogP contribution in [0, 0.1) is 11.8 Å². The summed E-state index contributed by atoms with van der Waals surface area (Å²) in [7, 11) is 0. The first kappa shape index (κ1) is 46.7. The zero-order chi connectivity index (χ0) is 45.2. The molecule has 18 nitrogen and oxygen atoms in total. The largest absolute Gasteiger partial charge is 0.445 e. The lowest BCUT2D eigenvalue weighted by molar-refractivity contribution is 0.0991. The Morgan fingerprint density at radius 2 is 1.19 bits per heavy atom. The molecule has 4 aromatic heterocycles. The standard InChI is InChI=1S/C21H23BrN6O3.C14H20N2O2.C7H4BrClN4O/c1-2-14-9-27(21(30)31-12-13-6-4-3-5-7-13)10-16(14)25-18-15(19(23)29)8-24-28-11-17(22)26-20(18)28;1-2-12-8-16(9-13(12)15)14(17)18-10-11-6-4-3-5-7-11;8-4-2-13-7(12-4)5(9)3(1-11-13)6(10)14/h3-8,11,14,16,25H,2,9-10,12H2,1H3,(H2,23,29);3-7,12-13H,2,8-10,15H2,1H3;1-2H,(H2,10,14)/t14-,16+;12-,13+;/m00./s1. The van der Waals surface area contributed by atoms with Crippen LogP contribution in [-0.4, -0.2) is 101 Å². The maximum Gasteiger partial charge on any atom is 0.410 e. The number of nitrogens with two attached hydrogens (primary N) is 3. The highest BCUT2D eigenvalue weighted by molar-refractivity contribution is 9.10. The number of hydrogen-bond donors (Lipinski definition) is 4. The number of amides is 4. The van der Waals surface area contributed by atoms with Gasteiger partial charge in [-0.3, -0.25) is 9.59 Å². The monoisotopic (exact) mass is 1010 g/mol. The molecule has 2 aliphatic heterocycles. The molecule has 2 aliphatic rings. The molecule has 2 fully saturated rings. The van der Waals surface area contributed by atoms with E-state index in [1.54, 1.807) is 26.7 Å². The summed E-state index contributed by atoms with van der Waals surface area (Å²) in [5.41, 5.74) is 20.4. The maximum atomic E-state index is 12.6. The van der Waals surface area contributed by atoms with Gasteiger partial charge in [0.2, 0.25) is 0 Å². The van der Waals surface area contributed by atoms with Gasteiger partial charge in [0, 0.05) is 38.3 Å². The van der Waals surface area contributed by atoms with Crippen molar-refractivity contribution in [2.75, 3.05) is 31.5 Å². The highest BCUT2D eigenvalue weighted by atomic mass is 79.9. The maximum absolute atomic E-state index is 12.6. The molecule has 0 saturated carbocycles. The smallest absolute Gasteiger partial charge is 0.410 e. The van der Waals surface area contributed by atoms with E-state index in [2.05, 4.69) is 71.2 Å². The predicted octanol–water partition coefficient (Wildman–Crippen LogP) is 6.29. The number of hydrogen-bond acceptors (Lipinski definition) is 12. The van der Waals surface area contributed by atoms with Gasteiger partial charge in [-0.15, -0.1) is 0 Å². The number of halogens is 3. The number of ether oxygens (including phenoxy) is 2. The minimum Gasteiger partial charge on any atom is -0.445 e. The zero-order valence-electron chi connectivity index (χ0n) is 34.4. The van der Waals surface area contributed by atoms with Crippen LogP contribution < -0.4 is 22.5 Å². The van der Waals surface area contributed by atoms with Crippen molar-refractivity contribution < 1.29 is 28.7 Å². The highest BCUT2D eigenvalue weighted by Crippen LogP contribution is 2.29. The van der Waals surface area contributed by atoms with Crippen LogP contribution in [0.15, 0.2) is 94.7 Å². The number of carbonyl (C=O) groups excluding carboxylic acids is 4. The van der Waals surface area contributed by atoms with Gasteiger partial charge in [-0.05, 0) is 61.2 Å². The second-order valence-electron chi connectivity index (χ2n) is 14.8. The normalized spacial score (nSPS) is 18.0. The van der Waals surface area contributed by atoms with Gasteiger partial charge >= 0.3 is 12.2 Å². The highest BCUT2D eigenvalue weighted by Gasteiger charge is 2.36. The third-order valence-corrected chi connectivity index (χ3v) is 11.8. The van der Waals surface area contributed by atoms with Crippen molar-refractivity contribution in [3.05, 3.63) is 122 Å². The fourth-order valence-corrected chi connectivity index (χ4v) is 8.16. The first-order valence-electron chi connectivity index (χ1n) is 20.0. The molecule has 4 amide bonds. The summed E-state index contributed by atoms with van der Waals surface area (Å²) in [5, 5.41) is 11.7. The number of likely N-dealkylation sites (tertiary alicyclic amines) is 2.